The highest BCUT2D eigenvalue weighted by Crippen LogP contribution is 2.14. The molecule has 1 aromatic rings. The first kappa shape index (κ1) is 14.2. The third-order valence-corrected chi connectivity index (χ3v) is 3.21. The predicted molar refractivity (Wildman–Crippen MR) is 69.4 cm³/mol. The lowest BCUT2D eigenvalue weighted by Gasteiger charge is -2.31. The molecular formula is C14H19NO3. The van der Waals surface area contributed by atoms with E-state index < -0.39 is 11.5 Å². The molecule has 0 saturated heterocycles. The van der Waals surface area contributed by atoms with Gasteiger partial charge in [0.1, 0.15) is 5.54 Å². The molecule has 18 heavy (non-hydrogen) atoms. The smallest absolute Gasteiger partial charge is 0.329 e. The van der Waals surface area contributed by atoms with Crippen molar-refractivity contribution in [3.05, 3.63) is 35.4 Å². The average molecular weight is 249 g/mol. The largest absolute Gasteiger partial charge is 0.480 e. The van der Waals surface area contributed by atoms with E-state index in [0.717, 1.165) is 11.1 Å². The van der Waals surface area contributed by atoms with Crippen LogP contribution in [-0.4, -0.2) is 34.5 Å². The molecule has 1 amide bonds. The summed E-state index contributed by atoms with van der Waals surface area (Å²) in [5.41, 5.74) is 0.825. The van der Waals surface area contributed by atoms with Crippen LogP contribution in [0.25, 0.3) is 0 Å². The molecular weight excluding hydrogens is 230 g/mol. The van der Waals surface area contributed by atoms with Gasteiger partial charge >= 0.3 is 5.97 Å². The molecule has 0 radical (unpaired) electrons. The fourth-order valence-corrected chi connectivity index (χ4v) is 1.45. The van der Waals surface area contributed by atoms with Crippen LogP contribution in [0, 0.1) is 6.92 Å². The molecule has 0 unspecified atom stereocenters. The normalized spacial score (nSPS) is 11.1. The van der Waals surface area contributed by atoms with Crippen molar-refractivity contribution in [2.24, 2.45) is 0 Å². The van der Waals surface area contributed by atoms with E-state index in [4.69, 9.17) is 5.11 Å². The Balaban J connectivity index is 2.77. The fourth-order valence-electron chi connectivity index (χ4n) is 1.45. The maximum absolute atomic E-state index is 12.0. The Bertz CT molecular complexity index is 449. The Kier molecular flexibility index (Phi) is 4.11. The van der Waals surface area contributed by atoms with Gasteiger partial charge < -0.3 is 10.0 Å². The van der Waals surface area contributed by atoms with Gasteiger partial charge in [0, 0.05) is 7.05 Å². The van der Waals surface area contributed by atoms with Crippen LogP contribution in [0.1, 0.15) is 25.0 Å². The third-order valence-electron chi connectivity index (χ3n) is 3.21. The monoisotopic (exact) mass is 249 g/mol. The Labute approximate surface area is 107 Å². The van der Waals surface area contributed by atoms with Crippen molar-refractivity contribution >= 4 is 11.9 Å². The maximum atomic E-state index is 12.0. The summed E-state index contributed by atoms with van der Waals surface area (Å²) in [5, 5.41) is 9.07. The first-order valence-corrected chi connectivity index (χ1v) is 5.80. The standard InChI is InChI=1S/C14H19NO3/c1-10-5-7-11(8-6-10)9-12(16)15(4)14(2,3)13(17)18/h5-8H,9H2,1-4H3,(H,17,18). The lowest BCUT2D eigenvalue weighted by molar-refractivity contribution is -0.155. The van der Waals surface area contributed by atoms with E-state index >= 15 is 0 Å². The topological polar surface area (TPSA) is 57.6 Å². The highest BCUT2D eigenvalue weighted by molar-refractivity contribution is 5.87. The van der Waals surface area contributed by atoms with Crippen LogP contribution in [0.3, 0.4) is 0 Å². The molecule has 98 valence electrons. The zero-order valence-electron chi connectivity index (χ0n) is 11.2. The Hall–Kier alpha value is -1.84. The Morgan fingerprint density at radius 1 is 1.22 bits per heavy atom. The minimum Gasteiger partial charge on any atom is -0.480 e. The lowest BCUT2D eigenvalue weighted by atomic mass is 10.0. The average Bonchev–Trinajstić information content (AvgIpc) is 2.30. The zero-order chi connectivity index (χ0) is 13.9. The van der Waals surface area contributed by atoms with Crippen LogP contribution < -0.4 is 0 Å². The van der Waals surface area contributed by atoms with Gasteiger partial charge in [0.05, 0.1) is 6.42 Å². The van der Waals surface area contributed by atoms with Crippen molar-refractivity contribution in [2.45, 2.75) is 32.7 Å². The van der Waals surface area contributed by atoms with Gasteiger partial charge in [-0.2, -0.15) is 0 Å². The van der Waals surface area contributed by atoms with Gasteiger partial charge in [0.15, 0.2) is 0 Å². The number of carbonyl (C=O) groups excluding carboxylic acids is 1. The van der Waals surface area contributed by atoms with Gasteiger partial charge in [-0.1, -0.05) is 29.8 Å². The summed E-state index contributed by atoms with van der Waals surface area (Å²) >= 11 is 0. The van der Waals surface area contributed by atoms with Crippen LogP contribution in [0.15, 0.2) is 24.3 Å². The second-order valence-electron chi connectivity index (χ2n) is 4.98. The van der Waals surface area contributed by atoms with E-state index in [1.807, 2.05) is 31.2 Å². The number of amides is 1. The van der Waals surface area contributed by atoms with Crippen molar-refractivity contribution in [1.82, 2.24) is 4.90 Å². The quantitative estimate of drug-likeness (QED) is 0.886. The summed E-state index contributed by atoms with van der Waals surface area (Å²) in [6, 6.07) is 7.64. The number of rotatable bonds is 4. The summed E-state index contributed by atoms with van der Waals surface area (Å²) in [7, 11) is 1.52. The maximum Gasteiger partial charge on any atom is 0.329 e. The van der Waals surface area contributed by atoms with Crippen molar-refractivity contribution in [2.75, 3.05) is 7.05 Å². The second-order valence-corrected chi connectivity index (χ2v) is 4.98. The summed E-state index contributed by atoms with van der Waals surface area (Å²) in [6.07, 6.45) is 0.216. The molecule has 4 nitrogen and oxygen atoms in total. The summed E-state index contributed by atoms with van der Waals surface area (Å²) in [4.78, 5) is 24.4. The van der Waals surface area contributed by atoms with Gasteiger partial charge in [-0.25, -0.2) is 4.79 Å². The molecule has 0 aromatic heterocycles. The molecule has 0 fully saturated rings. The molecule has 0 spiro atoms. The molecule has 0 aliphatic rings. The number of carbonyl (C=O) groups is 2. The molecule has 0 aliphatic heterocycles. The molecule has 0 aliphatic carbocycles. The van der Waals surface area contributed by atoms with Crippen molar-refractivity contribution in [3.63, 3.8) is 0 Å². The number of likely N-dealkylation sites (N-methyl/N-ethyl adjacent to an activating group) is 1. The SMILES string of the molecule is Cc1ccc(CC(=O)N(C)C(C)(C)C(=O)O)cc1. The molecule has 0 atom stereocenters. The van der Waals surface area contributed by atoms with Crippen molar-refractivity contribution in [3.8, 4) is 0 Å². The predicted octanol–water partition coefficient (Wildman–Crippen LogP) is 1.86. The fraction of sp³-hybridized carbons (Fsp3) is 0.429. The van der Waals surface area contributed by atoms with Crippen LogP contribution in [0.4, 0.5) is 0 Å². The zero-order valence-corrected chi connectivity index (χ0v) is 11.2. The van der Waals surface area contributed by atoms with Crippen LogP contribution >= 0.6 is 0 Å². The van der Waals surface area contributed by atoms with E-state index in [1.54, 1.807) is 0 Å². The first-order chi connectivity index (χ1) is 8.25. The van der Waals surface area contributed by atoms with E-state index in [-0.39, 0.29) is 12.3 Å². The van der Waals surface area contributed by atoms with Crippen LogP contribution in [0.5, 0.6) is 0 Å². The molecule has 1 aromatic carbocycles. The minimum absolute atomic E-state index is 0.203. The number of nitrogens with zero attached hydrogens (tertiary/aromatic N) is 1. The number of carboxylic acid groups (broad SMARTS) is 1. The third kappa shape index (κ3) is 3.09. The highest BCUT2D eigenvalue weighted by atomic mass is 16.4. The molecule has 0 saturated carbocycles. The number of aryl methyl sites for hydroxylation is 1. The van der Waals surface area contributed by atoms with Crippen LogP contribution in [-0.2, 0) is 16.0 Å². The van der Waals surface area contributed by atoms with Crippen LogP contribution in [0.2, 0.25) is 0 Å². The molecule has 1 N–H and O–H groups in total. The van der Waals surface area contributed by atoms with Crippen molar-refractivity contribution < 1.29 is 14.7 Å². The molecule has 0 heterocycles. The van der Waals surface area contributed by atoms with Gasteiger partial charge in [-0.3, -0.25) is 4.79 Å². The van der Waals surface area contributed by atoms with E-state index in [0.29, 0.717) is 0 Å². The van der Waals surface area contributed by atoms with Gasteiger partial charge in [-0.15, -0.1) is 0 Å². The summed E-state index contributed by atoms with van der Waals surface area (Å²) < 4.78 is 0. The number of hydrogen-bond acceptors (Lipinski definition) is 2. The molecule has 4 heteroatoms. The molecule has 1 rings (SSSR count). The second kappa shape index (κ2) is 5.21. The molecule has 0 bridgehead atoms. The van der Waals surface area contributed by atoms with Gasteiger partial charge in [0.25, 0.3) is 0 Å². The summed E-state index contributed by atoms with van der Waals surface area (Å²) in [6.45, 7) is 5.01. The number of benzene rings is 1. The van der Waals surface area contributed by atoms with Gasteiger partial charge in [-0.05, 0) is 26.3 Å². The number of aliphatic carboxylic acids is 1. The minimum atomic E-state index is -1.19. The number of carboxylic acids is 1. The van der Waals surface area contributed by atoms with Gasteiger partial charge in [0.2, 0.25) is 5.91 Å². The van der Waals surface area contributed by atoms with E-state index in [9.17, 15) is 9.59 Å². The van der Waals surface area contributed by atoms with E-state index in [2.05, 4.69) is 0 Å². The summed E-state index contributed by atoms with van der Waals surface area (Å²) in [5.74, 6) is -1.21. The number of hydrogen-bond donors (Lipinski definition) is 1. The van der Waals surface area contributed by atoms with E-state index in [1.165, 1.54) is 25.8 Å². The van der Waals surface area contributed by atoms with Crippen molar-refractivity contribution in [1.29, 1.82) is 0 Å². The lowest BCUT2D eigenvalue weighted by Crippen LogP contribution is -2.51. The Morgan fingerprint density at radius 2 is 1.72 bits per heavy atom. The Morgan fingerprint density at radius 3 is 2.17 bits per heavy atom. The first-order valence-electron chi connectivity index (χ1n) is 5.80. The highest BCUT2D eigenvalue weighted by Gasteiger charge is 2.34.